The van der Waals surface area contributed by atoms with E-state index in [1.165, 1.54) is 23.9 Å². The Bertz CT molecular complexity index is 1180. The summed E-state index contributed by atoms with van der Waals surface area (Å²) in [7, 11) is 1.58. The first-order valence-electron chi connectivity index (χ1n) is 9.98. The molecule has 1 aromatic heterocycles. The minimum atomic E-state index is -0.531. The number of imide groups is 1. The number of hydrogen-bond acceptors (Lipinski definition) is 8. The topological polar surface area (TPSA) is 141 Å². The number of benzene rings is 2. The van der Waals surface area contributed by atoms with Gasteiger partial charge in [0.05, 0.1) is 17.7 Å². The molecule has 1 fully saturated rings. The minimum Gasteiger partial charge on any atom is -0.497 e. The third kappa shape index (κ3) is 5.29. The maximum absolute atomic E-state index is 11.8. The number of amides is 3. The molecule has 0 aliphatic carbocycles. The van der Waals surface area contributed by atoms with Crippen LogP contribution in [0.25, 0.3) is 5.69 Å². The fraction of sp³-hybridized carbons (Fsp3) is 0.238. The minimum absolute atomic E-state index is 0.0316. The number of nitrogens with zero attached hydrogens (tertiary/aromatic N) is 4. The summed E-state index contributed by atoms with van der Waals surface area (Å²) in [6.45, 7) is 0. The molecule has 3 aromatic rings. The number of methoxy groups -OCH3 is 1. The van der Waals surface area contributed by atoms with Crippen molar-refractivity contribution < 1.29 is 19.2 Å². The molecule has 0 spiro atoms. The summed E-state index contributed by atoms with van der Waals surface area (Å²) in [5, 5.41) is 25.1. The molecule has 1 saturated heterocycles. The fourth-order valence-electron chi connectivity index (χ4n) is 3.41. The quantitative estimate of drug-likeness (QED) is 0.292. The molecule has 0 radical (unpaired) electrons. The van der Waals surface area contributed by atoms with Crippen molar-refractivity contribution in [3.63, 3.8) is 0 Å². The van der Waals surface area contributed by atoms with Gasteiger partial charge in [-0.05, 0) is 17.7 Å². The van der Waals surface area contributed by atoms with Gasteiger partial charge in [0.2, 0.25) is 5.91 Å². The number of urea groups is 1. The number of aromatic nitrogens is 3. The molecule has 2 N–H and O–H groups in total. The van der Waals surface area contributed by atoms with Crippen molar-refractivity contribution in [2.24, 2.45) is 0 Å². The second-order valence-electron chi connectivity index (χ2n) is 7.27. The number of ether oxygens (including phenoxy) is 1. The van der Waals surface area contributed by atoms with Gasteiger partial charge in [0, 0.05) is 42.8 Å². The Morgan fingerprint density at radius 1 is 1.21 bits per heavy atom. The number of nitro benzene ring substituents is 1. The lowest BCUT2D eigenvalue weighted by atomic mass is 10.1. The maximum Gasteiger partial charge on any atom is 0.321 e. The average molecular weight is 468 g/mol. The first-order valence-corrected chi connectivity index (χ1v) is 11.0. The zero-order valence-corrected chi connectivity index (χ0v) is 18.4. The molecule has 33 heavy (non-hydrogen) atoms. The van der Waals surface area contributed by atoms with Gasteiger partial charge in [-0.15, -0.1) is 10.2 Å². The summed E-state index contributed by atoms with van der Waals surface area (Å²) in [5.41, 5.74) is 1.69. The van der Waals surface area contributed by atoms with Gasteiger partial charge in [0.15, 0.2) is 5.16 Å². The molecule has 2 heterocycles. The van der Waals surface area contributed by atoms with Crippen molar-refractivity contribution in [1.82, 2.24) is 25.4 Å². The summed E-state index contributed by atoms with van der Waals surface area (Å²) in [5.74, 6) is 1.41. The predicted molar refractivity (Wildman–Crippen MR) is 119 cm³/mol. The Hall–Kier alpha value is -3.93. The fourth-order valence-corrected chi connectivity index (χ4v) is 4.34. The van der Waals surface area contributed by atoms with Crippen LogP contribution in [0.3, 0.4) is 0 Å². The van der Waals surface area contributed by atoms with Crippen LogP contribution in [0, 0.1) is 10.1 Å². The van der Waals surface area contributed by atoms with Crippen molar-refractivity contribution in [1.29, 1.82) is 0 Å². The van der Waals surface area contributed by atoms with E-state index in [0.717, 1.165) is 11.3 Å². The van der Waals surface area contributed by atoms with Crippen LogP contribution in [0.5, 0.6) is 5.75 Å². The Morgan fingerprint density at radius 3 is 2.70 bits per heavy atom. The highest BCUT2D eigenvalue weighted by Gasteiger charge is 2.27. The summed E-state index contributed by atoms with van der Waals surface area (Å²) in [6, 6.07) is 12.8. The van der Waals surface area contributed by atoms with Gasteiger partial charge in [-0.1, -0.05) is 30.0 Å². The van der Waals surface area contributed by atoms with Crippen molar-refractivity contribution in [3.8, 4) is 11.4 Å². The van der Waals surface area contributed by atoms with Gasteiger partial charge in [0.1, 0.15) is 11.6 Å². The first kappa shape index (κ1) is 22.3. The second kappa shape index (κ2) is 9.69. The predicted octanol–water partition coefficient (Wildman–Crippen LogP) is 2.62. The summed E-state index contributed by atoms with van der Waals surface area (Å²) in [6.07, 6.45) is 0.448. The lowest BCUT2D eigenvalue weighted by molar-refractivity contribution is -0.384. The molecule has 1 atom stereocenters. The van der Waals surface area contributed by atoms with E-state index in [4.69, 9.17) is 4.74 Å². The van der Waals surface area contributed by atoms with Gasteiger partial charge in [-0.3, -0.25) is 24.8 Å². The number of rotatable bonds is 8. The summed E-state index contributed by atoms with van der Waals surface area (Å²) < 4.78 is 7.20. The van der Waals surface area contributed by atoms with Crippen molar-refractivity contribution >= 4 is 29.4 Å². The monoisotopic (exact) mass is 468 g/mol. The molecule has 3 amide bonds. The van der Waals surface area contributed by atoms with E-state index in [1.807, 2.05) is 28.8 Å². The van der Waals surface area contributed by atoms with Gasteiger partial charge in [0.25, 0.3) is 5.69 Å². The highest BCUT2D eigenvalue weighted by atomic mass is 32.2. The van der Waals surface area contributed by atoms with Crippen LogP contribution in [0.2, 0.25) is 0 Å². The van der Waals surface area contributed by atoms with Crippen LogP contribution in [-0.4, -0.2) is 44.8 Å². The number of hydrogen-bond donors (Lipinski definition) is 2. The number of nitrogens with one attached hydrogen (secondary N) is 2. The Balaban J connectivity index is 1.61. The average Bonchev–Trinajstić information content (AvgIpc) is 3.19. The largest absolute Gasteiger partial charge is 0.497 e. The third-order valence-corrected chi connectivity index (χ3v) is 5.98. The van der Waals surface area contributed by atoms with Crippen LogP contribution < -0.4 is 15.4 Å². The van der Waals surface area contributed by atoms with Crippen LogP contribution in [-0.2, 0) is 17.0 Å². The molecule has 1 aliphatic rings. The molecule has 0 saturated carbocycles. The SMILES string of the molecule is COc1cccc(-n2c(CC3CC(=O)NC(=O)N3)nnc2SCc2ccc([N+](=O)[O-])cc2)c1. The second-order valence-corrected chi connectivity index (χ2v) is 8.22. The lowest BCUT2D eigenvalue weighted by Crippen LogP contribution is -2.53. The number of carbonyl (C=O) groups excluding carboxylic acids is 2. The molecule has 11 nitrogen and oxygen atoms in total. The number of nitro groups is 1. The zero-order valence-electron chi connectivity index (χ0n) is 17.6. The molecule has 2 aromatic carbocycles. The van der Waals surface area contributed by atoms with E-state index in [2.05, 4.69) is 20.8 Å². The number of non-ortho nitro benzene ring substituents is 1. The molecule has 170 valence electrons. The van der Waals surface area contributed by atoms with Crippen molar-refractivity contribution in [3.05, 3.63) is 70.0 Å². The Labute approximate surface area is 192 Å². The van der Waals surface area contributed by atoms with E-state index in [-0.39, 0.29) is 18.0 Å². The molecular formula is C21H20N6O5S. The summed E-state index contributed by atoms with van der Waals surface area (Å²) in [4.78, 5) is 33.9. The Morgan fingerprint density at radius 2 is 2.00 bits per heavy atom. The van der Waals surface area contributed by atoms with Gasteiger partial charge >= 0.3 is 6.03 Å². The lowest BCUT2D eigenvalue weighted by Gasteiger charge is -2.23. The molecule has 4 rings (SSSR count). The van der Waals surface area contributed by atoms with Crippen LogP contribution in [0.15, 0.2) is 53.7 Å². The van der Waals surface area contributed by atoms with E-state index < -0.39 is 17.0 Å². The van der Waals surface area contributed by atoms with Gasteiger partial charge in [-0.2, -0.15) is 0 Å². The van der Waals surface area contributed by atoms with Crippen LogP contribution in [0.1, 0.15) is 17.8 Å². The number of carbonyl (C=O) groups is 2. The zero-order chi connectivity index (χ0) is 23.4. The number of thioether (sulfide) groups is 1. The normalized spacial score (nSPS) is 15.6. The van der Waals surface area contributed by atoms with Crippen LogP contribution in [0.4, 0.5) is 10.5 Å². The van der Waals surface area contributed by atoms with Crippen molar-refractivity contribution in [2.75, 3.05) is 7.11 Å². The maximum atomic E-state index is 11.8. The summed E-state index contributed by atoms with van der Waals surface area (Å²) >= 11 is 1.42. The molecule has 1 aliphatic heterocycles. The van der Waals surface area contributed by atoms with Gasteiger partial charge < -0.3 is 10.1 Å². The van der Waals surface area contributed by atoms with E-state index in [0.29, 0.717) is 28.9 Å². The van der Waals surface area contributed by atoms with E-state index in [1.54, 1.807) is 19.2 Å². The first-order chi connectivity index (χ1) is 15.9. The molecule has 1 unspecified atom stereocenters. The standard InChI is InChI=1S/C21H20N6O5S/c1-32-17-4-2-3-16(11-17)26-18(9-14-10-19(28)23-20(29)22-14)24-25-21(26)33-12-13-5-7-15(8-6-13)27(30)31/h2-8,11,14H,9-10,12H2,1H3,(H2,22,23,28,29). The third-order valence-electron chi connectivity index (χ3n) is 4.98. The smallest absolute Gasteiger partial charge is 0.321 e. The molecular weight excluding hydrogens is 448 g/mol. The van der Waals surface area contributed by atoms with E-state index >= 15 is 0 Å². The molecule has 0 bridgehead atoms. The highest BCUT2D eigenvalue weighted by Crippen LogP contribution is 2.28. The molecule has 12 heteroatoms. The Kier molecular flexibility index (Phi) is 6.54. The van der Waals surface area contributed by atoms with Gasteiger partial charge in [-0.25, -0.2) is 4.79 Å². The van der Waals surface area contributed by atoms with E-state index in [9.17, 15) is 19.7 Å². The van der Waals surface area contributed by atoms with Crippen LogP contribution >= 0.6 is 11.8 Å². The van der Waals surface area contributed by atoms with Crippen molar-refractivity contribution in [2.45, 2.75) is 29.8 Å². The highest BCUT2D eigenvalue weighted by molar-refractivity contribution is 7.98.